The zero-order valence-electron chi connectivity index (χ0n) is 33.6. The molecule has 4 unspecified atom stereocenters. The number of carbonyl (C=O) groups is 3. The number of benzene rings is 1. The largest absolute Gasteiger partial charge is 0.444 e. The van der Waals surface area contributed by atoms with Gasteiger partial charge in [-0.1, -0.05) is 43.3 Å². The van der Waals surface area contributed by atoms with Gasteiger partial charge in [-0.25, -0.2) is 14.2 Å². The molecule has 3 aromatic rings. The van der Waals surface area contributed by atoms with E-state index < -0.39 is 23.2 Å². The number of hydrogen-bond acceptors (Lipinski definition) is 10. The molecule has 12 nitrogen and oxygen atoms in total. The summed E-state index contributed by atoms with van der Waals surface area (Å²) in [7, 11) is 0. The van der Waals surface area contributed by atoms with Gasteiger partial charge in [0.15, 0.2) is 11.6 Å². The Morgan fingerprint density at radius 3 is 2.40 bits per heavy atom. The second-order valence-electron chi connectivity index (χ2n) is 17.0. The zero-order chi connectivity index (χ0) is 39.7. The number of nitrogens with one attached hydrogen (secondary N) is 1. The number of halogens is 1. The van der Waals surface area contributed by atoms with Crippen LogP contribution in [0.2, 0.25) is 0 Å². The number of ether oxygens (including phenoxy) is 1. The number of likely N-dealkylation sites (tertiary alicyclic amines) is 2. The van der Waals surface area contributed by atoms with E-state index in [2.05, 4.69) is 44.3 Å². The van der Waals surface area contributed by atoms with Crippen molar-refractivity contribution in [2.75, 3.05) is 50.7 Å². The zero-order valence-corrected chi connectivity index (χ0v) is 34.5. The third-order valence-electron chi connectivity index (χ3n) is 11.2. The van der Waals surface area contributed by atoms with Gasteiger partial charge < -0.3 is 29.3 Å². The van der Waals surface area contributed by atoms with Gasteiger partial charge in [0.1, 0.15) is 23.2 Å². The molecule has 6 rings (SSSR count). The average Bonchev–Trinajstić information content (AvgIpc) is 3.90. The number of aryl methyl sites for hydroxylation is 1. The first-order chi connectivity index (χ1) is 26.0. The molecule has 0 bridgehead atoms. The van der Waals surface area contributed by atoms with Gasteiger partial charge in [0.05, 0.1) is 22.1 Å². The van der Waals surface area contributed by atoms with Crippen molar-refractivity contribution < 1.29 is 28.0 Å². The normalized spacial score (nSPS) is 21.8. The van der Waals surface area contributed by atoms with Crippen LogP contribution >= 0.6 is 11.3 Å². The maximum atomic E-state index is 16.0. The number of aromatic nitrogens is 2. The molecule has 14 heteroatoms. The molecular formula is C41H58FN7O5S. The van der Waals surface area contributed by atoms with Crippen LogP contribution in [0.4, 0.5) is 15.0 Å². The molecule has 3 fully saturated rings. The Morgan fingerprint density at radius 1 is 1.07 bits per heavy atom. The van der Waals surface area contributed by atoms with E-state index >= 15 is 4.39 Å². The number of piperazine rings is 1. The van der Waals surface area contributed by atoms with Crippen molar-refractivity contribution in [2.24, 2.45) is 5.92 Å². The molecule has 1 N–H and O–H groups in total. The second-order valence-corrected chi connectivity index (χ2v) is 17.9. The highest BCUT2D eigenvalue weighted by molar-refractivity contribution is 7.13. The van der Waals surface area contributed by atoms with E-state index in [1.165, 1.54) is 0 Å². The summed E-state index contributed by atoms with van der Waals surface area (Å²) in [4.78, 5) is 53.5. The third-order valence-corrected chi connectivity index (χ3v) is 12.2. The molecule has 0 radical (unpaired) electrons. The van der Waals surface area contributed by atoms with Crippen LogP contribution in [0.15, 0.2) is 40.4 Å². The fourth-order valence-corrected chi connectivity index (χ4v) is 8.98. The van der Waals surface area contributed by atoms with E-state index in [0.29, 0.717) is 63.8 Å². The summed E-state index contributed by atoms with van der Waals surface area (Å²) in [6.45, 7) is 18.9. The van der Waals surface area contributed by atoms with Gasteiger partial charge in [-0.15, -0.1) is 11.3 Å². The molecule has 300 valence electrons. The molecule has 3 aliphatic heterocycles. The van der Waals surface area contributed by atoms with Crippen LogP contribution in [0, 0.1) is 12.8 Å². The van der Waals surface area contributed by atoms with Gasteiger partial charge in [-0.05, 0) is 71.4 Å². The van der Waals surface area contributed by atoms with Crippen molar-refractivity contribution in [3.05, 3.63) is 52.9 Å². The lowest BCUT2D eigenvalue weighted by Crippen LogP contribution is -2.57. The van der Waals surface area contributed by atoms with E-state index in [1.807, 2.05) is 72.2 Å². The molecular weight excluding hydrogens is 722 g/mol. The number of carbonyl (C=O) groups excluding carboxylic acids is 3. The summed E-state index contributed by atoms with van der Waals surface area (Å²) in [5.74, 6) is 0.174. The molecule has 0 aliphatic carbocycles. The molecule has 3 aliphatic rings. The number of thiazole rings is 1. The van der Waals surface area contributed by atoms with Gasteiger partial charge in [-0.2, -0.15) is 0 Å². The van der Waals surface area contributed by atoms with Crippen LogP contribution in [-0.2, 0) is 14.3 Å². The molecule has 0 saturated carbocycles. The van der Waals surface area contributed by atoms with Gasteiger partial charge in [0, 0.05) is 70.8 Å². The fourth-order valence-electron chi connectivity index (χ4n) is 8.17. The summed E-state index contributed by atoms with van der Waals surface area (Å²) in [6, 6.07) is 9.29. The Morgan fingerprint density at radius 2 is 1.78 bits per heavy atom. The number of alkyl halides is 1. The van der Waals surface area contributed by atoms with Gasteiger partial charge in [-0.3, -0.25) is 14.5 Å². The molecule has 2 aromatic heterocycles. The van der Waals surface area contributed by atoms with Crippen LogP contribution < -0.4 is 10.2 Å². The van der Waals surface area contributed by atoms with Crippen molar-refractivity contribution in [3.63, 3.8) is 0 Å². The van der Waals surface area contributed by atoms with Crippen molar-refractivity contribution in [1.29, 1.82) is 0 Å². The minimum atomic E-state index is -1.37. The number of rotatable bonds is 10. The smallest absolute Gasteiger partial charge is 0.410 e. The summed E-state index contributed by atoms with van der Waals surface area (Å²) >= 11 is 1.61. The highest BCUT2D eigenvalue weighted by Gasteiger charge is 2.42. The maximum absolute atomic E-state index is 16.0. The van der Waals surface area contributed by atoms with Crippen molar-refractivity contribution in [1.82, 2.24) is 30.2 Å². The fraction of sp³-hybridized carbons (Fsp3) is 0.634. The Kier molecular flexibility index (Phi) is 12.3. The molecule has 3 amide bonds. The van der Waals surface area contributed by atoms with Crippen molar-refractivity contribution in [2.45, 2.75) is 116 Å². The van der Waals surface area contributed by atoms with Gasteiger partial charge in [0.25, 0.3) is 0 Å². The molecule has 55 heavy (non-hydrogen) atoms. The second kappa shape index (κ2) is 16.6. The summed E-state index contributed by atoms with van der Waals surface area (Å²) in [6.07, 6.45) is 1.51. The van der Waals surface area contributed by atoms with E-state index in [9.17, 15) is 14.4 Å². The maximum Gasteiger partial charge on any atom is 0.410 e. The Bertz CT molecular complexity index is 1800. The lowest BCUT2D eigenvalue weighted by molar-refractivity contribution is -0.141. The van der Waals surface area contributed by atoms with Crippen LogP contribution in [0.1, 0.15) is 103 Å². The number of anilines is 1. The minimum absolute atomic E-state index is 0.0343. The van der Waals surface area contributed by atoms with Crippen LogP contribution in [0.5, 0.6) is 0 Å². The number of hydrogen-bond donors (Lipinski definition) is 1. The van der Waals surface area contributed by atoms with E-state index in [-0.39, 0.29) is 48.8 Å². The van der Waals surface area contributed by atoms with Crippen LogP contribution in [0.3, 0.4) is 0 Å². The molecule has 5 heterocycles. The molecule has 0 spiro atoms. The first-order valence-corrected chi connectivity index (χ1v) is 20.6. The molecule has 1 aromatic carbocycles. The van der Waals surface area contributed by atoms with E-state index in [4.69, 9.17) is 9.26 Å². The van der Waals surface area contributed by atoms with Gasteiger partial charge in [0.2, 0.25) is 11.8 Å². The summed E-state index contributed by atoms with van der Waals surface area (Å²) < 4.78 is 27.4. The highest BCUT2D eigenvalue weighted by Crippen LogP contribution is 2.35. The van der Waals surface area contributed by atoms with Crippen LogP contribution in [-0.4, -0.2) is 112 Å². The Balaban J connectivity index is 1.03. The predicted molar refractivity (Wildman–Crippen MR) is 212 cm³/mol. The Hall–Kier alpha value is -4.04. The number of amides is 3. The van der Waals surface area contributed by atoms with E-state index in [0.717, 1.165) is 28.1 Å². The summed E-state index contributed by atoms with van der Waals surface area (Å²) in [5.41, 5.74) is 2.97. The first-order valence-electron chi connectivity index (χ1n) is 19.8. The quantitative estimate of drug-likeness (QED) is 0.233. The lowest BCUT2D eigenvalue weighted by Gasteiger charge is -2.44. The van der Waals surface area contributed by atoms with Gasteiger partial charge >= 0.3 is 6.09 Å². The van der Waals surface area contributed by atoms with Crippen molar-refractivity contribution >= 4 is 35.1 Å². The minimum Gasteiger partial charge on any atom is -0.444 e. The van der Waals surface area contributed by atoms with Crippen molar-refractivity contribution in [3.8, 4) is 10.4 Å². The van der Waals surface area contributed by atoms with Crippen LogP contribution in [0.25, 0.3) is 10.4 Å². The lowest BCUT2D eigenvalue weighted by atomic mass is 9.91. The SMILES string of the molecule is Cc1ncsc1-c1ccc(C(C)NC(=O)C2CCCN2C(=O)C(c2cc(N3CCN(CC4(F)CCN(C(=O)OC(C)(C)C)CC4)CC3C)no2)C(C)C)cc1. The predicted octanol–water partition coefficient (Wildman–Crippen LogP) is 6.96. The monoisotopic (exact) mass is 779 g/mol. The highest BCUT2D eigenvalue weighted by atomic mass is 32.1. The average molecular weight is 780 g/mol. The third kappa shape index (κ3) is 9.50. The Labute approximate surface area is 328 Å². The number of nitrogens with zero attached hydrogens (tertiary/aromatic N) is 6. The molecule has 4 atom stereocenters. The topological polar surface area (TPSA) is 124 Å². The number of piperidine rings is 1. The standard InChI is InChI=1S/C41H58FN7O5S/c1-26(2)35(38(51)49-17-9-10-32(49)37(50)44-28(4)30-11-13-31(14-12-30)36-29(5)43-25-55-36)33-22-34(45-54-33)48-21-20-46(23-27(48)3)24-41(42)15-18-47(19-16-41)39(52)53-40(6,7)8/h11-14,22,25-28,32,35H,9-10,15-21,23-24H2,1-8H3,(H,44,50). The molecule has 3 saturated heterocycles. The van der Waals surface area contributed by atoms with E-state index in [1.54, 1.807) is 21.1 Å². The summed E-state index contributed by atoms with van der Waals surface area (Å²) in [5, 5.41) is 7.58. The first kappa shape index (κ1) is 40.6.